The van der Waals surface area contributed by atoms with Crippen LogP contribution in [0.15, 0.2) is 22.9 Å². The van der Waals surface area contributed by atoms with Crippen LogP contribution in [0.4, 0.5) is 4.79 Å². The van der Waals surface area contributed by atoms with Gasteiger partial charge in [0.1, 0.15) is 6.10 Å². The topological polar surface area (TPSA) is 54.3 Å². The zero-order valence-electron chi connectivity index (χ0n) is 8.85. The Bertz CT molecular complexity index is 299. The van der Waals surface area contributed by atoms with Gasteiger partial charge in [0.2, 0.25) is 0 Å². The molecule has 1 aliphatic rings. The summed E-state index contributed by atoms with van der Waals surface area (Å²) in [5, 5.41) is 7.16. The van der Waals surface area contributed by atoms with Crippen LogP contribution in [0.3, 0.4) is 0 Å². The lowest BCUT2D eigenvalue weighted by Gasteiger charge is -2.11. The van der Waals surface area contributed by atoms with E-state index in [2.05, 4.69) is 23.5 Å². The van der Waals surface area contributed by atoms with Crippen molar-refractivity contribution in [3.63, 3.8) is 0 Å². The van der Waals surface area contributed by atoms with Crippen LogP contribution in [0.2, 0.25) is 0 Å². The maximum Gasteiger partial charge on any atom is 0.410 e. The Balaban J connectivity index is 2.58. The van der Waals surface area contributed by atoms with E-state index in [0.717, 1.165) is 6.42 Å². The number of carbonyl (C=O) groups excluding carboxylic acids is 1. The fraction of sp³-hybridized carbons (Fsp3) is 0.500. The number of cyclic esters (lactones) is 1. The van der Waals surface area contributed by atoms with Crippen molar-refractivity contribution in [2.75, 3.05) is 13.1 Å². The minimum absolute atomic E-state index is 0.0137. The van der Waals surface area contributed by atoms with Gasteiger partial charge in [0.25, 0.3) is 0 Å². The quantitative estimate of drug-likeness (QED) is 0.508. The molecule has 5 nitrogen and oxygen atoms in total. The van der Waals surface area contributed by atoms with Gasteiger partial charge in [-0.2, -0.15) is 10.2 Å². The van der Waals surface area contributed by atoms with Crippen LogP contribution in [0, 0.1) is 0 Å². The maximum absolute atomic E-state index is 11.4. The molecule has 1 heterocycles. The highest BCUT2D eigenvalue weighted by Gasteiger charge is 2.30. The van der Waals surface area contributed by atoms with E-state index in [1.54, 1.807) is 11.0 Å². The van der Waals surface area contributed by atoms with Crippen LogP contribution in [-0.2, 0) is 4.74 Å². The lowest BCUT2D eigenvalue weighted by atomic mass is 10.2. The van der Waals surface area contributed by atoms with Crippen LogP contribution < -0.4 is 0 Å². The first-order valence-electron chi connectivity index (χ1n) is 4.81. The van der Waals surface area contributed by atoms with Crippen molar-refractivity contribution in [2.45, 2.75) is 19.4 Å². The standard InChI is InChI=1S/C10H15N3O2/c1-4-8(12-11-3)6-13-7-9(5-2)15-10(13)14/h4,9H,1,3,5-7H2,2H3/b12-8+/t9-/m0/s1. The third-order valence-electron chi connectivity index (χ3n) is 2.19. The Kier molecular flexibility index (Phi) is 4.03. The van der Waals surface area contributed by atoms with Crippen molar-refractivity contribution in [3.05, 3.63) is 12.7 Å². The van der Waals surface area contributed by atoms with Gasteiger partial charge in [-0.15, -0.1) is 0 Å². The van der Waals surface area contributed by atoms with Crippen LogP contribution >= 0.6 is 0 Å². The molecule has 1 fully saturated rings. The second kappa shape index (κ2) is 5.29. The van der Waals surface area contributed by atoms with E-state index < -0.39 is 0 Å². The number of ether oxygens (including phenoxy) is 1. The molecule has 5 heteroatoms. The predicted molar refractivity (Wildman–Crippen MR) is 59.3 cm³/mol. The molecule has 1 atom stereocenters. The molecule has 1 rings (SSSR count). The summed E-state index contributed by atoms with van der Waals surface area (Å²) in [6, 6.07) is 0. The van der Waals surface area contributed by atoms with Gasteiger partial charge >= 0.3 is 6.09 Å². The first-order valence-corrected chi connectivity index (χ1v) is 4.81. The smallest absolute Gasteiger partial charge is 0.410 e. The van der Waals surface area contributed by atoms with Gasteiger partial charge in [-0.05, 0) is 12.5 Å². The Morgan fingerprint density at radius 2 is 2.53 bits per heavy atom. The predicted octanol–water partition coefficient (Wildman–Crippen LogP) is 1.46. The molecule has 1 aliphatic heterocycles. The Morgan fingerprint density at radius 1 is 1.80 bits per heavy atom. The minimum atomic E-state index is -0.305. The first kappa shape index (κ1) is 11.4. The van der Waals surface area contributed by atoms with E-state index in [1.807, 2.05) is 6.92 Å². The Hall–Kier alpha value is -1.65. The molecule has 0 aliphatic carbocycles. The summed E-state index contributed by atoms with van der Waals surface area (Å²) in [6.07, 6.45) is 2.06. The highest BCUT2D eigenvalue weighted by molar-refractivity contribution is 5.97. The van der Waals surface area contributed by atoms with Crippen LogP contribution in [0.25, 0.3) is 0 Å². The molecule has 1 amide bonds. The van der Waals surface area contributed by atoms with E-state index in [1.165, 1.54) is 0 Å². The first-order chi connectivity index (χ1) is 7.21. The Labute approximate surface area is 89.1 Å². The fourth-order valence-electron chi connectivity index (χ4n) is 1.34. The van der Waals surface area contributed by atoms with Crippen LogP contribution in [0.5, 0.6) is 0 Å². The number of rotatable bonds is 5. The van der Waals surface area contributed by atoms with Gasteiger partial charge in [0.05, 0.1) is 18.8 Å². The van der Waals surface area contributed by atoms with Gasteiger partial charge < -0.3 is 4.74 Å². The van der Waals surface area contributed by atoms with Crippen molar-refractivity contribution in [3.8, 4) is 0 Å². The number of hydrogen-bond acceptors (Lipinski definition) is 4. The normalized spacial score (nSPS) is 21.4. The summed E-state index contributed by atoms with van der Waals surface area (Å²) < 4.78 is 5.10. The molecule has 15 heavy (non-hydrogen) atoms. The molecule has 1 saturated heterocycles. The largest absolute Gasteiger partial charge is 0.444 e. The highest BCUT2D eigenvalue weighted by Crippen LogP contribution is 2.13. The summed E-state index contributed by atoms with van der Waals surface area (Å²) >= 11 is 0. The van der Waals surface area contributed by atoms with Crippen molar-refractivity contribution < 1.29 is 9.53 Å². The molecule has 0 bridgehead atoms. The number of hydrogen-bond donors (Lipinski definition) is 0. The van der Waals surface area contributed by atoms with Crippen LogP contribution in [-0.4, -0.2) is 42.6 Å². The second-order valence-corrected chi connectivity index (χ2v) is 3.23. The molecule has 82 valence electrons. The average Bonchev–Trinajstić information content (AvgIpc) is 2.59. The van der Waals surface area contributed by atoms with Crippen molar-refractivity contribution >= 4 is 18.5 Å². The summed E-state index contributed by atoms with van der Waals surface area (Å²) in [6.45, 7) is 9.79. The summed E-state index contributed by atoms with van der Waals surface area (Å²) in [5.74, 6) is 0. The minimum Gasteiger partial charge on any atom is -0.444 e. The van der Waals surface area contributed by atoms with Gasteiger partial charge in [-0.25, -0.2) is 4.79 Å². The highest BCUT2D eigenvalue weighted by atomic mass is 16.6. The molecular formula is C10H15N3O2. The van der Waals surface area contributed by atoms with E-state index in [9.17, 15) is 4.79 Å². The van der Waals surface area contributed by atoms with E-state index in [-0.39, 0.29) is 12.2 Å². The maximum atomic E-state index is 11.4. The fourth-order valence-corrected chi connectivity index (χ4v) is 1.34. The molecule has 0 spiro atoms. The summed E-state index contributed by atoms with van der Waals surface area (Å²) in [4.78, 5) is 13.0. The third-order valence-corrected chi connectivity index (χ3v) is 2.19. The third kappa shape index (κ3) is 2.90. The molecule has 0 N–H and O–H groups in total. The molecular weight excluding hydrogens is 194 g/mol. The van der Waals surface area contributed by atoms with Crippen molar-refractivity contribution in [2.24, 2.45) is 10.2 Å². The van der Waals surface area contributed by atoms with E-state index in [0.29, 0.717) is 18.8 Å². The van der Waals surface area contributed by atoms with E-state index >= 15 is 0 Å². The zero-order valence-corrected chi connectivity index (χ0v) is 8.85. The number of carbonyl (C=O) groups is 1. The van der Waals surface area contributed by atoms with Gasteiger partial charge in [-0.3, -0.25) is 4.90 Å². The molecule has 0 radical (unpaired) electrons. The van der Waals surface area contributed by atoms with Gasteiger partial charge in [0, 0.05) is 6.72 Å². The monoisotopic (exact) mass is 209 g/mol. The molecule has 0 unspecified atom stereocenters. The summed E-state index contributed by atoms with van der Waals surface area (Å²) in [5.41, 5.74) is 0.610. The van der Waals surface area contributed by atoms with Gasteiger partial charge in [0.15, 0.2) is 0 Å². The molecule has 0 aromatic rings. The van der Waals surface area contributed by atoms with Gasteiger partial charge in [-0.1, -0.05) is 13.5 Å². The Morgan fingerprint density at radius 3 is 3.00 bits per heavy atom. The number of nitrogens with zero attached hydrogens (tertiary/aromatic N) is 3. The number of amides is 1. The average molecular weight is 209 g/mol. The lowest BCUT2D eigenvalue weighted by molar-refractivity contribution is 0.132. The van der Waals surface area contributed by atoms with E-state index in [4.69, 9.17) is 4.74 Å². The molecule has 0 aromatic heterocycles. The van der Waals surface area contributed by atoms with Crippen LogP contribution in [0.1, 0.15) is 13.3 Å². The van der Waals surface area contributed by atoms with Crippen molar-refractivity contribution in [1.82, 2.24) is 4.90 Å². The van der Waals surface area contributed by atoms with Crippen molar-refractivity contribution in [1.29, 1.82) is 0 Å². The second-order valence-electron chi connectivity index (χ2n) is 3.23. The zero-order chi connectivity index (χ0) is 11.3. The lowest BCUT2D eigenvalue weighted by Crippen LogP contribution is -2.30. The summed E-state index contributed by atoms with van der Waals surface area (Å²) in [7, 11) is 0. The SMILES string of the molecule is C=C/C(CN1C[C@H](CC)OC1=O)=N\N=C. The molecule has 0 saturated carbocycles. The molecule has 0 aromatic carbocycles.